The Morgan fingerprint density at radius 2 is 2.22 bits per heavy atom. The third-order valence-corrected chi connectivity index (χ3v) is 4.10. The molecule has 0 unspecified atom stereocenters. The van der Waals surface area contributed by atoms with Gasteiger partial charge in [0.25, 0.3) is 0 Å². The molecule has 0 aromatic heterocycles. The van der Waals surface area contributed by atoms with Gasteiger partial charge in [-0.2, -0.15) is 0 Å². The van der Waals surface area contributed by atoms with Gasteiger partial charge in [-0.15, -0.1) is 12.4 Å². The first-order chi connectivity index (χ1) is 8.29. The maximum absolute atomic E-state index is 9.90. The minimum Gasteiger partial charge on any atom is -0.508 e. The molecule has 1 saturated heterocycles. The lowest BCUT2D eigenvalue weighted by Crippen LogP contribution is -2.54. The van der Waals surface area contributed by atoms with Gasteiger partial charge in [0.05, 0.1) is 12.7 Å². The van der Waals surface area contributed by atoms with Gasteiger partial charge in [-0.25, -0.2) is 0 Å². The van der Waals surface area contributed by atoms with E-state index in [0.29, 0.717) is 11.8 Å². The van der Waals surface area contributed by atoms with Crippen LogP contribution < -0.4 is 0 Å². The van der Waals surface area contributed by atoms with E-state index in [2.05, 4.69) is 17.9 Å². The van der Waals surface area contributed by atoms with Crippen molar-refractivity contribution in [1.82, 2.24) is 4.90 Å². The van der Waals surface area contributed by atoms with E-state index in [0.717, 1.165) is 38.1 Å². The standard InChI is InChI=1S/C14H19NO2.ClH/c1-2-15-6-7-17-14-9-11-10(8-12(14)15)4-3-5-13(11)16;/h3-5,12,14,16H,2,6-9H2,1H3;1H/t12-,14-;/m1./s1. The molecule has 0 amide bonds. The summed E-state index contributed by atoms with van der Waals surface area (Å²) in [6.45, 7) is 5.14. The smallest absolute Gasteiger partial charge is 0.119 e. The van der Waals surface area contributed by atoms with Gasteiger partial charge >= 0.3 is 0 Å². The maximum Gasteiger partial charge on any atom is 0.119 e. The number of aromatic hydroxyl groups is 1. The van der Waals surface area contributed by atoms with Crippen molar-refractivity contribution in [3.8, 4) is 5.75 Å². The largest absolute Gasteiger partial charge is 0.508 e. The summed E-state index contributed by atoms with van der Waals surface area (Å²) in [6, 6.07) is 6.34. The van der Waals surface area contributed by atoms with E-state index in [1.807, 2.05) is 6.07 Å². The molecule has 1 fully saturated rings. The molecule has 18 heavy (non-hydrogen) atoms. The lowest BCUT2D eigenvalue weighted by molar-refractivity contribution is -0.0724. The number of rotatable bonds is 1. The van der Waals surface area contributed by atoms with Crippen molar-refractivity contribution < 1.29 is 9.84 Å². The minimum absolute atomic E-state index is 0. The summed E-state index contributed by atoms with van der Waals surface area (Å²) in [6.07, 6.45) is 2.11. The highest BCUT2D eigenvalue weighted by Gasteiger charge is 2.36. The molecule has 0 radical (unpaired) electrons. The molecule has 1 aliphatic heterocycles. The first-order valence-electron chi connectivity index (χ1n) is 6.45. The van der Waals surface area contributed by atoms with Crippen LogP contribution in [0.1, 0.15) is 18.1 Å². The third kappa shape index (κ3) is 2.22. The second kappa shape index (κ2) is 5.47. The average Bonchev–Trinajstić information content (AvgIpc) is 2.36. The molecular weight excluding hydrogens is 250 g/mol. The van der Waals surface area contributed by atoms with E-state index < -0.39 is 0 Å². The zero-order valence-electron chi connectivity index (χ0n) is 10.6. The van der Waals surface area contributed by atoms with Crippen LogP contribution in [0.2, 0.25) is 0 Å². The Balaban J connectivity index is 0.00000120. The number of likely N-dealkylation sites (N-methyl/N-ethyl adjacent to an activating group) is 1. The van der Waals surface area contributed by atoms with Crippen molar-refractivity contribution in [2.75, 3.05) is 19.7 Å². The Bertz CT molecular complexity index is 424. The predicted octanol–water partition coefficient (Wildman–Crippen LogP) is 2.00. The monoisotopic (exact) mass is 269 g/mol. The van der Waals surface area contributed by atoms with Gasteiger partial charge in [-0.1, -0.05) is 19.1 Å². The third-order valence-electron chi connectivity index (χ3n) is 4.10. The topological polar surface area (TPSA) is 32.7 Å². The van der Waals surface area contributed by atoms with Gasteiger partial charge in [-0.05, 0) is 30.2 Å². The van der Waals surface area contributed by atoms with Crippen LogP contribution in [0.4, 0.5) is 0 Å². The Kier molecular flexibility index (Phi) is 4.15. The van der Waals surface area contributed by atoms with Gasteiger partial charge in [0.1, 0.15) is 5.75 Å². The van der Waals surface area contributed by atoms with Crippen LogP contribution >= 0.6 is 12.4 Å². The highest BCUT2D eigenvalue weighted by Crippen LogP contribution is 2.33. The Morgan fingerprint density at radius 1 is 1.39 bits per heavy atom. The van der Waals surface area contributed by atoms with Crippen molar-refractivity contribution in [2.45, 2.75) is 31.9 Å². The second-order valence-corrected chi connectivity index (χ2v) is 4.93. The van der Waals surface area contributed by atoms with Crippen molar-refractivity contribution >= 4 is 12.4 Å². The summed E-state index contributed by atoms with van der Waals surface area (Å²) in [5, 5.41) is 9.90. The highest BCUT2D eigenvalue weighted by atomic mass is 35.5. The molecule has 0 bridgehead atoms. The second-order valence-electron chi connectivity index (χ2n) is 4.93. The van der Waals surface area contributed by atoms with E-state index in [4.69, 9.17) is 4.74 Å². The van der Waals surface area contributed by atoms with Crippen molar-refractivity contribution in [3.05, 3.63) is 29.3 Å². The summed E-state index contributed by atoms with van der Waals surface area (Å²) in [7, 11) is 0. The van der Waals surface area contributed by atoms with Crippen molar-refractivity contribution in [2.24, 2.45) is 0 Å². The SMILES string of the molecule is CCN1CCO[C@@H]2Cc3c(O)cccc3C[C@H]21.Cl. The fourth-order valence-electron chi connectivity index (χ4n) is 3.16. The molecule has 2 aliphatic rings. The number of nitrogens with zero attached hydrogens (tertiary/aromatic N) is 1. The molecule has 1 aromatic rings. The number of hydrogen-bond acceptors (Lipinski definition) is 3. The Hall–Kier alpha value is -0.770. The summed E-state index contributed by atoms with van der Waals surface area (Å²) in [5.74, 6) is 0.429. The molecule has 1 heterocycles. The molecule has 0 spiro atoms. The summed E-state index contributed by atoms with van der Waals surface area (Å²) in [4.78, 5) is 2.50. The predicted molar refractivity (Wildman–Crippen MR) is 73.5 cm³/mol. The zero-order chi connectivity index (χ0) is 11.8. The number of halogens is 1. The summed E-state index contributed by atoms with van der Waals surface area (Å²) < 4.78 is 5.87. The molecule has 1 aliphatic carbocycles. The average molecular weight is 270 g/mol. The number of hydrogen-bond donors (Lipinski definition) is 1. The van der Waals surface area contributed by atoms with Crippen LogP contribution in [0.15, 0.2) is 18.2 Å². The molecule has 3 rings (SSSR count). The molecular formula is C14H20ClNO2. The molecule has 2 atom stereocenters. The van der Waals surface area contributed by atoms with E-state index in [9.17, 15) is 5.11 Å². The lowest BCUT2D eigenvalue weighted by atomic mass is 9.84. The number of benzene rings is 1. The van der Waals surface area contributed by atoms with Crippen molar-refractivity contribution in [1.29, 1.82) is 0 Å². The number of fused-ring (bicyclic) bond motifs is 2. The zero-order valence-corrected chi connectivity index (χ0v) is 11.4. The fourth-order valence-corrected chi connectivity index (χ4v) is 3.16. The van der Waals surface area contributed by atoms with Gasteiger partial charge in [0.15, 0.2) is 0 Å². The van der Waals surface area contributed by atoms with E-state index in [1.54, 1.807) is 6.07 Å². The van der Waals surface area contributed by atoms with E-state index >= 15 is 0 Å². The van der Waals surface area contributed by atoms with E-state index in [-0.39, 0.29) is 18.5 Å². The van der Waals surface area contributed by atoms with Gasteiger partial charge in [0.2, 0.25) is 0 Å². The first kappa shape index (κ1) is 13.7. The normalized spacial score (nSPS) is 26.9. The molecule has 100 valence electrons. The molecule has 3 nitrogen and oxygen atoms in total. The number of morpholine rings is 1. The number of phenolic OH excluding ortho intramolecular Hbond substituents is 1. The van der Waals surface area contributed by atoms with Crippen LogP contribution in [0.25, 0.3) is 0 Å². The minimum atomic E-state index is 0. The number of ether oxygens (including phenoxy) is 1. The Labute approximate surface area is 114 Å². The molecule has 0 saturated carbocycles. The molecule has 4 heteroatoms. The number of phenols is 1. The van der Waals surface area contributed by atoms with Crippen LogP contribution in [-0.2, 0) is 17.6 Å². The van der Waals surface area contributed by atoms with Crippen LogP contribution in [-0.4, -0.2) is 41.8 Å². The molecule has 1 aromatic carbocycles. The van der Waals surface area contributed by atoms with Crippen LogP contribution in [0, 0.1) is 0 Å². The van der Waals surface area contributed by atoms with E-state index in [1.165, 1.54) is 5.56 Å². The fraction of sp³-hybridized carbons (Fsp3) is 0.571. The maximum atomic E-state index is 9.90. The first-order valence-corrected chi connectivity index (χ1v) is 6.45. The summed E-state index contributed by atoms with van der Waals surface area (Å²) in [5.41, 5.74) is 2.38. The highest BCUT2D eigenvalue weighted by molar-refractivity contribution is 5.85. The van der Waals surface area contributed by atoms with Gasteiger partial charge in [-0.3, -0.25) is 4.90 Å². The van der Waals surface area contributed by atoms with Gasteiger partial charge < -0.3 is 9.84 Å². The van der Waals surface area contributed by atoms with Crippen LogP contribution in [0.3, 0.4) is 0 Å². The molecule has 1 N–H and O–H groups in total. The summed E-state index contributed by atoms with van der Waals surface area (Å²) >= 11 is 0. The Morgan fingerprint density at radius 3 is 3.00 bits per heavy atom. The lowest BCUT2D eigenvalue weighted by Gasteiger charge is -2.44. The quantitative estimate of drug-likeness (QED) is 0.847. The van der Waals surface area contributed by atoms with Crippen molar-refractivity contribution in [3.63, 3.8) is 0 Å². The van der Waals surface area contributed by atoms with Crippen LogP contribution in [0.5, 0.6) is 5.75 Å². The van der Waals surface area contributed by atoms with Gasteiger partial charge in [0, 0.05) is 19.0 Å².